The van der Waals surface area contributed by atoms with Crippen molar-refractivity contribution < 1.29 is 18.7 Å². The number of carbonyl (C=O) groups excluding carboxylic acids is 2. The van der Waals surface area contributed by atoms with Crippen LogP contribution in [0.1, 0.15) is 25.6 Å². The second-order valence-corrected chi connectivity index (χ2v) is 5.69. The molecule has 3 heterocycles. The molecule has 7 nitrogen and oxygen atoms in total. The topological polar surface area (TPSA) is 93.5 Å². The number of halogens is 1. The van der Waals surface area contributed by atoms with Crippen LogP contribution in [0.3, 0.4) is 0 Å². The molecule has 1 aliphatic rings. The lowest BCUT2D eigenvalue weighted by molar-refractivity contribution is -0.139. The fourth-order valence-corrected chi connectivity index (χ4v) is 2.82. The van der Waals surface area contributed by atoms with Crippen molar-refractivity contribution in [1.29, 1.82) is 0 Å². The van der Waals surface area contributed by atoms with Crippen LogP contribution in [0, 0.1) is 0 Å². The Morgan fingerprint density at radius 3 is 2.92 bits per heavy atom. The van der Waals surface area contributed by atoms with Gasteiger partial charge in [0, 0.05) is 11.9 Å². The number of rotatable bonds is 4. The van der Waals surface area contributed by atoms with Crippen molar-refractivity contribution in [2.24, 2.45) is 0 Å². The van der Waals surface area contributed by atoms with Crippen LogP contribution in [0.4, 0.5) is 4.79 Å². The molecule has 0 saturated carbocycles. The molecular weight excluding hydrogens is 346 g/mol. The number of amides is 2. The van der Waals surface area contributed by atoms with Crippen LogP contribution in [-0.4, -0.2) is 23.6 Å². The first kappa shape index (κ1) is 17.0. The largest absolute Gasteiger partial charge is 0.463 e. The van der Waals surface area contributed by atoms with Crippen molar-refractivity contribution in [3.05, 3.63) is 52.6 Å². The van der Waals surface area contributed by atoms with Gasteiger partial charge >= 0.3 is 12.0 Å². The molecule has 25 heavy (non-hydrogen) atoms. The van der Waals surface area contributed by atoms with Gasteiger partial charge < -0.3 is 19.8 Å². The van der Waals surface area contributed by atoms with Gasteiger partial charge in [-0.1, -0.05) is 11.6 Å². The minimum absolute atomic E-state index is 0.227. The molecule has 2 aromatic heterocycles. The van der Waals surface area contributed by atoms with Gasteiger partial charge in [-0.2, -0.15) is 0 Å². The third-order valence-electron chi connectivity index (χ3n) is 3.70. The lowest BCUT2D eigenvalue weighted by Crippen LogP contribution is -2.45. The highest BCUT2D eigenvalue weighted by Crippen LogP contribution is 2.33. The lowest BCUT2D eigenvalue weighted by Gasteiger charge is -2.26. The number of carbonyl (C=O) groups is 2. The van der Waals surface area contributed by atoms with Crippen LogP contribution >= 0.6 is 11.6 Å². The van der Waals surface area contributed by atoms with E-state index >= 15 is 0 Å². The van der Waals surface area contributed by atoms with Crippen LogP contribution in [0.5, 0.6) is 0 Å². The number of pyridine rings is 1. The summed E-state index contributed by atoms with van der Waals surface area (Å²) >= 11 is 6.09. The smallest absolute Gasteiger partial charge is 0.338 e. The fraction of sp³-hybridized carbons (Fsp3) is 0.235. The molecule has 1 atom stereocenters. The van der Waals surface area contributed by atoms with E-state index in [0.717, 1.165) is 0 Å². The van der Waals surface area contributed by atoms with E-state index in [-0.39, 0.29) is 6.61 Å². The quantitative estimate of drug-likeness (QED) is 0.644. The maximum Gasteiger partial charge on any atom is 0.338 e. The van der Waals surface area contributed by atoms with Gasteiger partial charge in [-0.3, -0.25) is 0 Å². The van der Waals surface area contributed by atoms with E-state index in [1.165, 1.54) is 0 Å². The van der Waals surface area contributed by atoms with Crippen molar-refractivity contribution in [3.8, 4) is 11.3 Å². The van der Waals surface area contributed by atoms with E-state index in [4.69, 9.17) is 20.8 Å². The van der Waals surface area contributed by atoms with Crippen LogP contribution in [0.2, 0.25) is 5.15 Å². The lowest BCUT2D eigenvalue weighted by atomic mass is 10.0. The first-order valence-corrected chi connectivity index (χ1v) is 8.05. The van der Waals surface area contributed by atoms with E-state index < -0.39 is 18.0 Å². The Bertz CT molecular complexity index is 859. The van der Waals surface area contributed by atoms with E-state index in [2.05, 4.69) is 15.6 Å². The summed E-state index contributed by atoms with van der Waals surface area (Å²) in [4.78, 5) is 28.1. The molecule has 8 heteroatoms. The van der Waals surface area contributed by atoms with Gasteiger partial charge in [-0.15, -0.1) is 0 Å². The molecule has 0 radical (unpaired) electrons. The summed E-state index contributed by atoms with van der Waals surface area (Å²) in [5.74, 6) is 0.365. The van der Waals surface area contributed by atoms with E-state index in [9.17, 15) is 9.59 Å². The van der Waals surface area contributed by atoms with Gasteiger partial charge in [0.1, 0.15) is 22.7 Å². The van der Waals surface area contributed by atoms with E-state index in [0.29, 0.717) is 33.5 Å². The highest BCUT2D eigenvalue weighted by molar-refractivity contribution is 6.31. The predicted octanol–water partition coefficient (Wildman–Crippen LogP) is 3.19. The van der Waals surface area contributed by atoms with Crippen LogP contribution in [0.25, 0.3) is 11.3 Å². The number of hydrogen-bond acceptors (Lipinski definition) is 5. The molecular formula is C17H16ClN3O4. The number of allylic oxidation sites excluding steroid dienone is 1. The Balaban J connectivity index is 1.99. The third-order valence-corrected chi connectivity index (χ3v) is 4.00. The number of aromatic nitrogens is 1. The number of furan rings is 1. The van der Waals surface area contributed by atoms with Crippen LogP contribution in [-0.2, 0) is 9.53 Å². The van der Waals surface area contributed by atoms with Crippen molar-refractivity contribution in [2.45, 2.75) is 19.9 Å². The third kappa shape index (κ3) is 3.36. The zero-order chi connectivity index (χ0) is 18.0. The zero-order valence-electron chi connectivity index (χ0n) is 13.6. The molecule has 2 aromatic rings. The average Bonchev–Trinajstić information content (AvgIpc) is 3.04. The number of ether oxygens (including phenoxy) is 1. The SMILES string of the molecule is CCOC(=O)C1=C(C)NC(=O)N[C@H]1c1ccc(-c2cccnc2Cl)o1. The minimum Gasteiger partial charge on any atom is -0.463 e. The summed E-state index contributed by atoms with van der Waals surface area (Å²) in [6, 6.07) is 5.73. The molecule has 130 valence electrons. The van der Waals surface area contributed by atoms with Gasteiger partial charge in [0.2, 0.25) is 0 Å². The molecule has 0 aliphatic carbocycles. The van der Waals surface area contributed by atoms with Crippen molar-refractivity contribution in [2.75, 3.05) is 6.61 Å². The Labute approximate surface area is 149 Å². The monoisotopic (exact) mass is 361 g/mol. The number of esters is 1. The van der Waals surface area contributed by atoms with E-state index in [1.54, 1.807) is 44.3 Å². The fourth-order valence-electron chi connectivity index (χ4n) is 2.61. The van der Waals surface area contributed by atoms with Crippen molar-refractivity contribution in [3.63, 3.8) is 0 Å². The van der Waals surface area contributed by atoms with Gasteiger partial charge in [0.25, 0.3) is 0 Å². The molecule has 2 amide bonds. The number of nitrogens with zero attached hydrogens (tertiary/aromatic N) is 1. The maximum absolute atomic E-state index is 12.3. The minimum atomic E-state index is -0.753. The Kier molecular flexibility index (Phi) is 4.76. The van der Waals surface area contributed by atoms with E-state index in [1.807, 2.05) is 0 Å². The van der Waals surface area contributed by atoms with Gasteiger partial charge in [0.05, 0.1) is 17.7 Å². The summed E-state index contributed by atoms with van der Waals surface area (Å²) in [6.45, 7) is 3.58. The summed E-state index contributed by atoms with van der Waals surface area (Å²) in [7, 11) is 0. The summed E-state index contributed by atoms with van der Waals surface area (Å²) in [6.07, 6.45) is 1.58. The molecule has 0 unspecified atom stereocenters. The molecule has 0 aromatic carbocycles. The first-order valence-electron chi connectivity index (χ1n) is 7.67. The molecule has 1 aliphatic heterocycles. The highest BCUT2D eigenvalue weighted by Gasteiger charge is 2.34. The first-order chi connectivity index (χ1) is 12.0. The predicted molar refractivity (Wildman–Crippen MR) is 90.7 cm³/mol. The number of hydrogen-bond donors (Lipinski definition) is 2. The van der Waals surface area contributed by atoms with Gasteiger partial charge in [0.15, 0.2) is 0 Å². The average molecular weight is 362 g/mol. The molecule has 2 N–H and O–H groups in total. The molecule has 0 bridgehead atoms. The Morgan fingerprint density at radius 2 is 2.20 bits per heavy atom. The number of nitrogens with one attached hydrogen (secondary N) is 2. The Morgan fingerprint density at radius 1 is 1.40 bits per heavy atom. The van der Waals surface area contributed by atoms with Crippen LogP contribution < -0.4 is 10.6 Å². The van der Waals surface area contributed by atoms with Gasteiger partial charge in [-0.25, -0.2) is 14.6 Å². The molecule has 0 saturated heterocycles. The Hall–Kier alpha value is -2.80. The van der Waals surface area contributed by atoms with Crippen LogP contribution in [0.15, 0.2) is 46.1 Å². The van der Waals surface area contributed by atoms with Crippen molar-refractivity contribution >= 4 is 23.6 Å². The number of urea groups is 1. The van der Waals surface area contributed by atoms with Crippen molar-refractivity contribution in [1.82, 2.24) is 15.6 Å². The zero-order valence-corrected chi connectivity index (χ0v) is 14.4. The molecule has 0 spiro atoms. The maximum atomic E-state index is 12.3. The molecule has 3 rings (SSSR count). The second-order valence-electron chi connectivity index (χ2n) is 5.33. The summed E-state index contributed by atoms with van der Waals surface area (Å²) in [5.41, 5.74) is 1.33. The van der Waals surface area contributed by atoms with Gasteiger partial charge in [-0.05, 0) is 38.1 Å². The summed E-state index contributed by atoms with van der Waals surface area (Å²) in [5, 5.41) is 5.55. The standard InChI is InChI=1S/C17H16ClN3O4/c1-3-24-16(22)13-9(2)20-17(23)21-14(13)12-7-6-11(25-12)10-5-4-8-19-15(10)18/h4-8,14H,3H2,1-2H3,(H2,20,21,23)/t14-/m0/s1. The molecule has 0 fully saturated rings. The summed E-state index contributed by atoms with van der Waals surface area (Å²) < 4.78 is 10.9. The highest BCUT2D eigenvalue weighted by atomic mass is 35.5. The normalized spacial score (nSPS) is 17.1. The second kappa shape index (κ2) is 6.98.